The van der Waals surface area contributed by atoms with Crippen LogP contribution < -0.4 is 0 Å². The van der Waals surface area contributed by atoms with Crippen LogP contribution in [0.4, 0.5) is 0 Å². The maximum atomic E-state index is 13.0. The Hall–Kier alpha value is -2.96. The molecule has 1 N–H and O–H groups in total. The van der Waals surface area contributed by atoms with Crippen molar-refractivity contribution in [1.82, 2.24) is 25.2 Å². The minimum absolute atomic E-state index is 0.0185. The van der Waals surface area contributed by atoms with E-state index in [-0.39, 0.29) is 17.7 Å². The number of H-pyrrole nitrogens is 1. The average molecular weight is 379 g/mol. The van der Waals surface area contributed by atoms with Gasteiger partial charge in [0.2, 0.25) is 11.8 Å². The van der Waals surface area contributed by atoms with Crippen LogP contribution in [0.1, 0.15) is 52.5 Å². The Morgan fingerprint density at radius 2 is 1.93 bits per heavy atom. The van der Waals surface area contributed by atoms with Crippen molar-refractivity contribution in [2.24, 2.45) is 0 Å². The predicted octanol–water partition coefficient (Wildman–Crippen LogP) is 3.06. The summed E-state index contributed by atoms with van der Waals surface area (Å²) in [5.74, 6) is 1.56. The van der Waals surface area contributed by atoms with Crippen molar-refractivity contribution in [1.29, 1.82) is 0 Å². The Morgan fingerprint density at radius 1 is 1.18 bits per heavy atom. The summed E-state index contributed by atoms with van der Waals surface area (Å²) in [7, 11) is 0. The molecule has 1 amide bonds. The van der Waals surface area contributed by atoms with E-state index in [0.717, 1.165) is 17.0 Å². The van der Waals surface area contributed by atoms with E-state index in [9.17, 15) is 4.79 Å². The van der Waals surface area contributed by atoms with E-state index < -0.39 is 0 Å². The summed E-state index contributed by atoms with van der Waals surface area (Å²) in [5, 5.41) is 11.2. The lowest BCUT2D eigenvalue weighted by Crippen LogP contribution is -2.29. The molecule has 2 aromatic heterocycles. The van der Waals surface area contributed by atoms with E-state index in [1.807, 2.05) is 43.9 Å². The highest BCUT2D eigenvalue weighted by molar-refractivity contribution is 5.77. The van der Waals surface area contributed by atoms with Crippen molar-refractivity contribution in [3.05, 3.63) is 64.6 Å². The van der Waals surface area contributed by atoms with Crippen LogP contribution in [0, 0.1) is 20.8 Å². The van der Waals surface area contributed by atoms with Gasteiger partial charge in [-0.3, -0.25) is 9.89 Å². The number of hydrogen-bond donors (Lipinski definition) is 1. The first-order valence-electron chi connectivity index (χ1n) is 9.66. The number of likely N-dealkylation sites (tertiary alicyclic amines) is 1. The lowest BCUT2D eigenvalue weighted by molar-refractivity contribution is -0.130. The molecule has 0 unspecified atom stereocenters. The zero-order chi connectivity index (χ0) is 19.7. The van der Waals surface area contributed by atoms with Crippen LogP contribution in [-0.4, -0.2) is 44.2 Å². The van der Waals surface area contributed by atoms with Gasteiger partial charge in [0.25, 0.3) is 0 Å². The number of nitrogens with zero attached hydrogens (tertiary/aromatic N) is 4. The maximum absolute atomic E-state index is 13.0. The lowest BCUT2D eigenvalue weighted by Gasteiger charge is -2.16. The quantitative estimate of drug-likeness (QED) is 0.736. The maximum Gasteiger partial charge on any atom is 0.232 e. The number of aromatic nitrogens is 4. The van der Waals surface area contributed by atoms with Crippen LogP contribution in [0.2, 0.25) is 0 Å². The molecule has 28 heavy (non-hydrogen) atoms. The number of amides is 1. The van der Waals surface area contributed by atoms with Gasteiger partial charge < -0.3 is 9.42 Å². The van der Waals surface area contributed by atoms with E-state index in [2.05, 4.69) is 32.5 Å². The highest BCUT2D eigenvalue weighted by Crippen LogP contribution is 2.39. The van der Waals surface area contributed by atoms with Gasteiger partial charge in [-0.1, -0.05) is 35.5 Å². The fraction of sp³-hybridized carbons (Fsp3) is 0.429. The Kier molecular flexibility index (Phi) is 4.98. The van der Waals surface area contributed by atoms with Crippen molar-refractivity contribution < 1.29 is 9.32 Å². The molecular weight excluding hydrogens is 354 g/mol. The lowest BCUT2D eigenvalue weighted by atomic mass is 9.89. The number of aryl methyl sites for hydroxylation is 3. The fourth-order valence-corrected chi connectivity index (χ4v) is 4.09. The summed E-state index contributed by atoms with van der Waals surface area (Å²) in [6.07, 6.45) is 1.17. The minimum Gasteiger partial charge on any atom is -0.341 e. The van der Waals surface area contributed by atoms with Gasteiger partial charge in [0.05, 0.1) is 11.6 Å². The highest BCUT2D eigenvalue weighted by Gasteiger charge is 2.40. The molecule has 3 heterocycles. The van der Waals surface area contributed by atoms with Crippen molar-refractivity contribution in [3.63, 3.8) is 0 Å². The number of hydrogen-bond acceptors (Lipinski definition) is 5. The molecule has 7 heteroatoms. The summed E-state index contributed by atoms with van der Waals surface area (Å²) in [4.78, 5) is 19.3. The van der Waals surface area contributed by atoms with Gasteiger partial charge in [0, 0.05) is 31.1 Å². The second kappa shape index (κ2) is 7.58. The van der Waals surface area contributed by atoms with Gasteiger partial charge in [0.1, 0.15) is 0 Å². The van der Waals surface area contributed by atoms with Crippen LogP contribution in [0.25, 0.3) is 0 Å². The minimum atomic E-state index is 0.0185. The van der Waals surface area contributed by atoms with Gasteiger partial charge in [-0.2, -0.15) is 10.1 Å². The SMILES string of the molecule is Cc1noc([C@H]2CN(C(=O)CCc3c(C)n[nH]c3C)C[C@@H]2c2ccccc2)n1. The molecule has 7 nitrogen and oxygen atoms in total. The molecule has 0 saturated carbocycles. The Labute approximate surface area is 164 Å². The van der Waals surface area contributed by atoms with Crippen LogP contribution >= 0.6 is 0 Å². The first-order valence-corrected chi connectivity index (χ1v) is 9.66. The van der Waals surface area contributed by atoms with E-state index in [1.54, 1.807) is 0 Å². The molecule has 3 aromatic rings. The largest absolute Gasteiger partial charge is 0.341 e. The van der Waals surface area contributed by atoms with Gasteiger partial charge in [-0.25, -0.2) is 0 Å². The number of carbonyl (C=O) groups is 1. The van der Waals surface area contributed by atoms with Gasteiger partial charge in [-0.05, 0) is 38.3 Å². The van der Waals surface area contributed by atoms with Crippen molar-refractivity contribution in [2.75, 3.05) is 13.1 Å². The number of nitrogens with one attached hydrogen (secondary N) is 1. The first kappa shape index (κ1) is 18.4. The van der Waals surface area contributed by atoms with Crippen LogP contribution in [0.3, 0.4) is 0 Å². The molecule has 0 spiro atoms. The summed E-state index contributed by atoms with van der Waals surface area (Å²) in [5.41, 5.74) is 4.33. The van der Waals surface area contributed by atoms with Crippen LogP contribution in [0.5, 0.6) is 0 Å². The molecule has 0 bridgehead atoms. The normalized spacial score (nSPS) is 19.3. The molecule has 146 valence electrons. The molecule has 1 aromatic carbocycles. The van der Waals surface area contributed by atoms with E-state index in [0.29, 0.717) is 37.6 Å². The van der Waals surface area contributed by atoms with Gasteiger partial charge in [0.15, 0.2) is 5.82 Å². The summed E-state index contributed by atoms with van der Waals surface area (Å²) >= 11 is 0. The Balaban J connectivity index is 1.51. The second-order valence-electron chi connectivity index (χ2n) is 7.51. The zero-order valence-corrected chi connectivity index (χ0v) is 16.5. The third-order valence-electron chi connectivity index (χ3n) is 5.63. The molecular formula is C21H25N5O2. The molecule has 1 fully saturated rings. The van der Waals surface area contributed by atoms with E-state index >= 15 is 0 Å². The number of benzene rings is 1. The van der Waals surface area contributed by atoms with Crippen molar-refractivity contribution in [2.45, 2.75) is 45.4 Å². The third kappa shape index (κ3) is 3.56. The average Bonchev–Trinajstić information content (AvgIpc) is 3.40. The summed E-state index contributed by atoms with van der Waals surface area (Å²) in [6.45, 7) is 7.05. The zero-order valence-electron chi connectivity index (χ0n) is 16.5. The summed E-state index contributed by atoms with van der Waals surface area (Å²) < 4.78 is 5.47. The van der Waals surface area contributed by atoms with E-state index in [4.69, 9.17) is 4.52 Å². The van der Waals surface area contributed by atoms with Crippen molar-refractivity contribution >= 4 is 5.91 Å². The Bertz CT molecular complexity index is 943. The molecule has 0 radical (unpaired) electrons. The standard InChI is InChI=1S/C21H25N5O2/c1-13-17(14(2)24-23-13)9-10-20(27)26-11-18(16-7-5-4-6-8-16)19(12-26)21-22-15(3)25-28-21/h4-8,18-19H,9-12H2,1-3H3,(H,23,24)/t18-,19+/m1/s1. The van der Waals surface area contributed by atoms with E-state index in [1.165, 1.54) is 5.56 Å². The molecule has 0 aliphatic carbocycles. The first-order chi connectivity index (χ1) is 13.5. The highest BCUT2D eigenvalue weighted by atomic mass is 16.5. The summed E-state index contributed by atoms with van der Waals surface area (Å²) in [6, 6.07) is 10.3. The molecule has 2 atom stereocenters. The monoisotopic (exact) mass is 379 g/mol. The number of carbonyl (C=O) groups excluding carboxylic acids is 1. The number of rotatable bonds is 5. The predicted molar refractivity (Wildman–Crippen MR) is 104 cm³/mol. The second-order valence-corrected chi connectivity index (χ2v) is 7.51. The smallest absolute Gasteiger partial charge is 0.232 e. The number of aromatic amines is 1. The molecule has 1 saturated heterocycles. The van der Waals surface area contributed by atoms with Crippen LogP contribution in [-0.2, 0) is 11.2 Å². The fourth-order valence-electron chi connectivity index (χ4n) is 4.09. The third-order valence-corrected chi connectivity index (χ3v) is 5.63. The van der Waals surface area contributed by atoms with Gasteiger partial charge >= 0.3 is 0 Å². The molecule has 1 aliphatic rings. The topological polar surface area (TPSA) is 87.9 Å². The Morgan fingerprint density at radius 3 is 2.57 bits per heavy atom. The van der Waals surface area contributed by atoms with Crippen molar-refractivity contribution in [3.8, 4) is 0 Å². The molecule has 1 aliphatic heterocycles. The van der Waals surface area contributed by atoms with Gasteiger partial charge in [-0.15, -0.1) is 0 Å². The molecule has 4 rings (SSSR count). The van der Waals surface area contributed by atoms with Crippen LogP contribution in [0.15, 0.2) is 34.9 Å².